The number of unbranched alkanes of at least 4 members (excludes halogenated alkanes) is 2. The van der Waals surface area contributed by atoms with E-state index in [0.29, 0.717) is 5.56 Å². The highest BCUT2D eigenvalue weighted by atomic mass is 32.2. The minimum Gasteiger partial charge on any atom is -0.369 e. The zero-order chi connectivity index (χ0) is 13.5. The smallest absolute Gasteiger partial charge is 0.144 e. The van der Waals surface area contributed by atoms with Crippen molar-refractivity contribution in [1.29, 1.82) is 5.26 Å². The minimum absolute atomic E-state index is 0.699. The first-order valence-corrected chi connectivity index (χ1v) is 8.40. The maximum absolute atomic E-state index is 9.19. The second-order valence-electron chi connectivity index (χ2n) is 4.94. The quantitative estimate of drug-likeness (QED) is 0.775. The predicted octanol–water partition coefficient (Wildman–Crippen LogP) is 3.39. The lowest BCUT2D eigenvalue weighted by Crippen LogP contribution is -2.07. The average molecular weight is 275 g/mol. The summed E-state index contributed by atoms with van der Waals surface area (Å²) in [6.07, 6.45) is 9.10. The van der Waals surface area contributed by atoms with Crippen LogP contribution in [0.4, 0.5) is 5.82 Å². The fourth-order valence-corrected chi connectivity index (χ4v) is 2.94. The Kier molecular flexibility index (Phi) is 5.53. The number of aryl methyl sites for hydroxylation is 2. The molecule has 4 heteroatoms. The molecule has 0 aliphatic heterocycles. The van der Waals surface area contributed by atoms with Gasteiger partial charge in [-0.1, -0.05) is 6.42 Å². The number of hydrogen-bond donors (Lipinski definition) is 1. The highest BCUT2D eigenvalue weighted by molar-refractivity contribution is 7.98. The van der Waals surface area contributed by atoms with Crippen molar-refractivity contribution in [3.63, 3.8) is 0 Å². The predicted molar refractivity (Wildman–Crippen MR) is 81.7 cm³/mol. The van der Waals surface area contributed by atoms with Gasteiger partial charge in [0.05, 0.1) is 5.56 Å². The lowest BCUT2D eigenvalue weighted by atomic mass is 10.1. The zero-order valence-corrected chi connectivity index (χ0v) is 12.4. The van der Waals surface area contributed by atoms with Gasteiger partial charge in [-0.25, -0.2) is 4.98 Å². The molecular weight excluding hydrogens is 254 g/mol. The molecule has 102 valence electrons. The Balaban J connectivity index is 1.88. The van der Waals surface area contributed by atoms with Gasteiger partial charge in [0, 0.05) is 12.2 Å². The van der Waals surface area contributed by atoms with Gasteiger partial charge >= 0.3 is 0 Å². The normalized spacial score (nSPS) is 13.1. The van der Waals surface area contributed by atoms with Crippen LogP contribution >= 0.6 is 11.8 Å². The molecule has 1 heterocycles. The van der Waals surface area contributed by atoms with Crippen LogP contribution in [0, 0.1) is 11.3 Å². The molecule has 1 aliphatic rings. The molecular formula is C15H21N3S. The lowest BCUT2D eigenvalue weighted by Gasteiger charge is -2.09. The molecule has 1 aromatic heterocycles. The number of thioether (sulfide) groups is 1. The second kappa shape index (κ2) is 7.40. The molecule has 0 saturated carbocycles. The van der Waals surface area contributed by atoms with Crippen molar-refractivity contribution in [3.05, 3.63) is 22.9 Å². The number of rotatable bonds is 7. The Morgan fingerprint density at radius 1 is 1.37 bits per heavy atom. The Morgan fingerprint density at radius 2 is 2.26 bits per heavy atom. The number of pyridine rings is 1. The first kappa shape index (κ1) is 14.2. The van der Waals surface area contributed by atoms with Crippen molar-refractivity contribution in [2.75, 3.05) is 23.9 Å². The molecule has 19 heavy (non-hydrogen) atoms. The zero-order valence-electron chi connectivity index (χ0n) is 11.5. The molecule has 0 unspecified atom stereocenters. The molecule has 0 radical (unpaired) electrons. The fourth-order valence-electron chi connectivity index (χ4n) is 2.45. The van der Waals surface area contributed by atoms with Crippen LogP contribution in [0.5, 0.6) is 0 Å². The van der Waals surface area contributed by atoms with E-state index in [9.17, 15) is 5.26 Å². The molecule has 1 N–H and O–H groups in total. The number of hydrogen-bond acceptors (Lipinski definition) is 4. The van der Waals surface area contributed by atoms with Gasteiger partial charge in [0.25, 0.3) is 0 Å². The molecule has 2 rings (SSSR count). The third-order valence-electron chi connectivity index (χ3n) is 3.49. The fraction of sp³-hybridized carbons (Fsp3) is 0.600. The Labute approximate surface area is 119 Å². The van der Waals surface area contributed by atoms with E-state index in [0.717, 1.165) is 31.6 Å². The summed E-state index contributed by atoms with van der Waals surface area (Å²) in [5, 5.41) is 12.5. The maximum atomic E-state index is 9.19. The summed E-state index contributed by atoms with van der Waals surface area (Å²) in [4.78, 5) is 4.62. The van der Waals surface area contributed by atoms with Gasteiger partial charge in [-0.3, -0.25) is 0 Å². The van der Waals surface area contributed by atoms with Crippen molar-refractivity contribution in [2.24, 2.45) is 0 Å². The number of nitriles is 1. The van der Waals surface area contributed by atoms with E-state index in [2.05, 4.69) is 22.6 Å². The third kappa shape index (κ3) is 3.87. The molecule has 0 aromatic carbocycles. The number of fused-ring (bicyclic) bond motifs is 1. The molecule has 0 fully saturated rings. The molecule has 1 aromatic rings. The van der Waals surface area contributed by atoms with Gasteiger partial charge in [0.1, 0.15) is 11.9 Å². The second-order valence-corrected chi connectivity index (χ2v) is 5.92. The van der Waals surface area contributed by atoms with E-state index in [1.54, 1.807) is 0 Å². The topological polar surface area (TPSA) is 48.7 Å². The van der Waals surface area contributed by atoms with Gasteiger partial charge < -0.3 is 5.32 Å². The minimum atomic E-state index is 0.699. The Hall–Kier alpha value is -1.21. The number of nitrogens with zero attached hydrogens (tertiary/aromatic N) is 2. The summed E-state index contributed by atoms with van der Waals surface area (Å²) in [7, 11) is 0. The standard InChI is InChI=1S/C15H21N3S/c1-19-9-4-2-3-8-17-15-13(11-16)10-12-6-5-7-14(12)18-15/h10H,2-9H2,1H3,(H,17,18). The van der Waals surface area contributed by atoms with E-state index in [1.807, 2.05) is 17.8 Å². The monoisotopic (exact) mass is 275 g/mol. The first-order valence-electron chi connectivity index (χ1n) is 7.01. The largest absolute Gasteiger partial charge is 0.369 e. The van der Waals surface area contributed by atoms with Gasteiger partial charge in [-0.15, -0.1) is 0 Å². The van der Waals surface area contributed by atoms with Crippen LogP contribution < -0.4 is 5.32 Å². The molecule has 0 atom stereocenters. The van der Waals surface area contributed by atoms with E-state index in [1.165, 1.54) is 36.3 Å². The van der Waals surface area contributed by atoms with Crippen molar-refractivity contribution in [3.8, 4) is 6.07 Å². The van der Waals surface area contributed by atoms with Crippen LogP contribution in [0.2, 0.25) is 0 Å². The van der Waals surface area contributed by atoms with Crippen LogP contribution in [-0.2, 0) is 12.8 Å². The van der Waals surface area contributed by atoms with E-state index < -0.39 is 0 Å². The van der Waals surface area contributed by atoms with Crippen LogP contribution in [0.3, 0.4) is 0 Å². The van der Waals surface area contributed by atoms with Gasteiger partial charge in [0.2, 0.25) is 0 Å². The van der Waals surface area contributed by atoms with E-state index in [4.69, 9.17) is 0 Å². The van der Waals surface area contributed by atoms with Crippen LogP contribution in [-0.4, -0.2) is 23.5 Å². The number of nitrogens with one attached hydrogen (secondary N) is 1. The van der Waals surface area contributed by atoms with Crippen LogP contribution in [0.15, 0.2) is 6.07 Å². The molecule has 0 amide bonds. The third-order valence-corrected chi connectivity index (χ3v) is 4.19. The molecule has 1 aliphatic carbocycles. The molecule has 0 bridgehead atoms. The van der Waals surface area contributed by atoms with Crippen molar-refractivity contribution in [2.45, 2.75) is 38.5 Å². The summed E-state index contributed by atoms with van der Waals surface area (Å²) >= 11 is 1.90. The van der Waals surface area contributed by atoms with Gasteiger partial charge in [-0.2, -0.15) is 17.0 Å². The summed E-state index contributed by atoms with van der Waals surface area (Å²) < 4.78 is 0. The molecule has 3 nitrogen and oxygen atoms in total. The lowest BCUT2D eigenvalue weighted by molar-refractivity contribution is 0.747. The summed E-state index contributed by atoms with van der Waals surface area (Å²) in [5.41, 5.74) is 3.15. The number of aromatic nitrogens is 1. The van der Waals surface area contributed by atoms with Crippen molar-refractivity contribution >= 4 is 17.6 Å². The van der Waals surface area contributed by atoms with E-state index >= 15 is 0 Å². The molecule has 0 saturated heterocycles. The van der Waals surface area contributed by atoms with Gasteiger partial charge in [-0.05, 0) is 55.7 Å². The Morgan fingerprint density at radius 3 is 3.05 bits per heavy atom. The summed E-state index contributed by atoms with van der Waals surface area (Å²) in [6, 6.07) is 4.28. The van der Waals surface area contributed by atoms with Crippen molar-refractivity contribution in [1.82, 2.24) is 4.98 Å². The van der Waals surface area contributed by atoms with E-state index in [-0.39, 0.29) is 0 Å². The van der Waals surface area contributed by atoms with Crippen molar-refractivity contribution < 1.29 is 0 Å². The van der Waals surface area contributed by atoms with Crippen LogP contribution in [0.25, 0.3) is 0 Å². The van der Waals surface area contributed by atoms with Crippen LogP contribution in [0.1, 0.15) is 42.5 Å². The molecule has 0 spiro atoms. The number of anilines is 1. The Bertz CT molecular complexity index is 465. The van der Waals surface area contributed by atoms with Gasteiger partial charge in [0.15, 0.2) is 0 Å². The SMILES string of the molecule is CSCCCCCNc1nc2c(cc1C#N)CCC2. The maximum Gasteiger partial charge on any atom is 0.144 e. The average Bonchev–Trinajstić information content (AvgIpc) is 2.88. The summed E-state index contributed by atoms with van der Waals surface area (Å²) in [6.45, 7) is 0.912. The highest BCUT2D eigenvalue weighted by Gasteiger charge is 2.15. The summed E-state index contributed by atoms with van der Waals surface area (Å²) in [5.74, 6) is 2.02. The highest BCUT2D eigenvalue weighted by Crippen LogP contribution is 2.24. The first-order chi connectivity index (χ1) is 9.35.